The summed E-state index contributed by atoms with van der Waals surface area (Å²) in [6.07, 6.45) is -4.19. The average molecular weight is 259 g/mol. The molecule has 2 unspecified atom stereocenters. The van der Waals surface area contributed by atoms with E-state index < -0.39 is 23.1 Å². The zero-order valence-electron chi connectivity index (χ0n) is 9.58. The Morgan fingerprint density at radius 2 is 2.06 bits per heavy atom. The molecule has 0 spiro atoms. The Hall–Kier alpha value is -1.72. The van der Waals surface area contributed by atoms with Crippen molar-refractivity contribution in [3.8, 4) is 0 Å². The lowest BCUT2D eigenvalue weighted by atomic mass is 9.90. The number of halogens is 3. The van der Waals surface area contributed by atoms with Crippen LogP contribution in [0.15, 0.2) is 18.2 Å². The van der Waals surface area contributed by atoms with Gasteiger partial charge in [-0.15, -0.1) is 0 Å². The van der Waals surface area contributed by atoms with E-state index in [9.17, 15) is 23.1 Å². The summed E-state index contributed by atoms with van der Waals surface area (Å²) in [4.78, 5) is 11.3. The van der Waals surface area contributed by atoms with Gasteiger partial charge >= 0.3 is 12.1 Å². The molecular formula is C12H12F3NO2. The molecule has 98 valence electrons. The van der Waals surface area contributed by atoms with Crippen LogP contribution in [0.25, 0.3) is 0 Å². The molecule has 18 heavy (non-hydrogen) atoms. The van der Waals surface area contributed by atoms with Gasteiger partial charge in [-0.1, -0.05) is 6.92 Å². The monoisotopic (exact) mass is 259 g/mol. The fourth-order valence-corrected chi connectivity index (χ4v) is 2.33. The number of rotatable bonds is 2. The van der Waals surface area contributed by atoms with Crippen LogP contribution in [0.1, 0.15) is 24.5 Å². The van der Waals surface area contributed by atoms with Crippen molar-refractivity contribution in [3.05, 3.63) is 29.3 Å². The Balaban J connectivity index is 2.55. The molecule has 2 rings (SSSR count). The highest BCUT2D eigenvalue weighted by Crippen LogP contribution is 2.56. The third-order valence-corrected chi connectivity index (χ3v) is 3.55. The van der Waals surface area contributed by atoms with Gasteiger partial charge in [0.15, 0.2) is 0 Å². The van der Waals surface area contributed by atoms with Gasteiger partial charge in [-0.05, 0) is 36.1 Å². The first-order valence-electron chi connectivity index (χ1n) is 5.40. The molecule has 1 fully saturated rings. The molecule has 0 aliphatic heterocycles. The maximum Gasteiger partial charge on any atom is 0.416 e. The van der Waals surface area contributed by atoms with E-state index in [1.807, 2.05) is 0 Å². The van der Waals surface area contributed by atoms with E-state index in [1.165, 1.54) is 0 Å². The van der Waals surface area contributed by atoms with Gasteiger partial charge in [0.05, 0.1) is 11.0 Å². The van der Waals surface area contributed by atoms with Crippen molar-refractivity contribution in [3.63, 3.8) is 0 Å². The topological polar surface area (TPSA) is 63.3 Å². The summed E-state index contributed by atoms with van der Waals surface area (Å²) in [5.74, 6) is -1.33. The third kappa shape index (κ3) is 1.72. The van der Waals surface area contributed by atoms with Crippen molar-refractivity contribution < 1.29 is 23.1 Å². The Kier molecular flexibility index (Phi) is 2.57. The standard InChI is InChI=1S/C12H12F3NO2/c1-6-5-11(6,10(17)18)8-4-7(12(13,14)15)2-3-9(8)16/h2-4,6H,5,16H2,1H3,(H,17,18). The summed E-state index contributed by atoms with van der Waals surface area (Å²) < 4.78 is 37.9. The Morgan fingerprint density at radius 3 is 2.44 bits per heavy atom. The van der Waals surface area contributed by atoms with Gasteiger partial charge in [-0.3, -0.25) is 4.79 Å². The first-order valence-corrected chi connectivity index (χ1v) is 5.40. The third-order valence-electron chi connectivity index (χ3n) is 3.55. The largest absolute Gasteiger partial charge is 0.481 e. The first kappa shape index (κ1) is 12.7. The molecule has 3 N–H and O–H groups in total. The molecule has 1 aromatic carbocycles. The second-order valence-corrected chi connectivity index (χ2v) is 4.68. The van der Waals surface area contributed by atoms with Gasteiger partial charge < -0.3 is 10.8 Å². The smallest absolute Gasteiger partial charge is 0.416 e. The summed E-state index contributed by atoms with van der Waals surface area (Å²) in [5.41, 5.74) is 3.66. The summed E-state index contributed by atoms with van der Waals surface area (Å²) in [6.45, 7) is 1.69. The minimum absolute atomic E-state index is 0.0670. The van der Waals surface area contributed by atoms with E-state index in [1.54, 1.807) is 6.92 Å². The van der Waals surface area contributed by atoms with Crippen molar-refractivity contribution in [2.45, 2.75) is 24.9 Å². The second-order valence-electron chi connectivity index (χ2n) is 4.68. The van der Waals surface area contributed by atoms with Crippen LogP contribution in [0.2, 0.25) is 0 Å². The van der Waals surface area contributed by atoms with E-state index in [4.69, 9.17) is 5.73 Å². The number of hydrogen-bond donors (Lipinski definition) is 2. The number of alkyl halides is 3. The van der Waals surface area contributed by atoms with Crippen LogP contribution in [-0.4, -0.2) is 11.1 Å². The molecule has 0 bridgehead atoms. The fraction of sp³-hybridized carbons (Fsp3) is 0.417. The number of anilines is 1. The molecule has 0 aromatic heterocycles. The number of nitrogen functional groups attached to an aromatic ring is 1. The van der Waals surface area contributed by atoms with Gasteiger partial charge in [0.25, 0.3) is 0 Å². The Bertz CT molecular complexity index is 513. The maximum atomic E-state index is 12.6. The quantitative estimate of drug-likeness (QED) is 0.802. The van der Waals surface area contributed by atoms with Gasteiger partial charge in [-0.2, -0.15) is 13.2 Å². The van der Waals surface area contributed by atoms with Gasteiger partial charge in [0.2, 0.25) is 0 Å². The SMILES string of the molecule is CC1CC1(C(=O)O)c1cc(C(F)(F)F)ccc1N. The van der Waals surface area contributed by atoms with E-state index in [0.29, 0.717) is 6.42 Å². The van der Waals surface area contributed by atoms with E-state index >= 15 is 0 Å². The molecule has 2 atom stereocenters. The van der Waals surface area contributed by atoms with Crippen molar-refractivity contribution in [1.29, 1.82) is 0 Å². The van der Waals surface area contributed by atoms with Crippen LogP contribution < -0.4 is 5.73 Å². The van der Waals surface area contributed by atoms with Crippen molar-refractivity contribution in [1.82, 2.24) is 0 Å². The number of aliphatic carboxylic acids is 1. The predicted molar refractivity (Wildman–Crippen MR) is 59.0 cm³/mol. The number of carboxylic acid groups (broad SMARTS) is 1. The van der Waals surface area contributed by atoms with Crippen LogP contribution >= 0.6 is 0 Å². The summed E-state index contributed by atoms with van der Waals surface area (Å²) in [5, 5.41) is 9.21. The number of benzene rings is 1. The number of hydrogen-bond acceptors (Lipinski definition) is 2. The van der Waals surface area contributed by atoms with Gasteiger partial charge in [0, 0.05) is 5.69 Å². The van der Waals surface area contributed by atoms with Crippen LogP contribution in [0, 0.1) is 5.92 Å². The van der Waals surface area contributed by atoms with Crippen LogP contribution in [0.4, 0.5) is 18.9 Å². The minimum atomic E-state index is -4.50. The van der Waals surface area contributed by atoms with E-state index in [0.717, 1.165) is 18.2 Å². The van der Waals surface area contributed by atoms with E-state index in [2.05, 4.69) is 0 Å². The highest BCUT2D eigenvalue weighted by Gasteiger charge is 2.60. The van der Waals surface area contributed by atoms with Crippen LogP contribution in [0.5, 0.6) is 0 Å². The molecule has 0 radical (unpaired) electrons. The lowest BCUT2D eigenvalue weighted by molar-refractivity contribution is -0.141. The number of carboxylic acids is 1. The number of carbonyl (C=O) groups is 1. The van der Waals surface area contributed by atoms with Gasteiger partial charge in [0.1, 0.15) is 0 Å². The lowest BCUT2D eigenvalue weighted by Gasteiger charge is -2.17. The molecule has 6 heteroatoms. The number of nitrogens with two attached hydrogens (primary N) is 1. The zero-order valence-corrected chi connectivity index (χ0v) is 9.58. The molecule has 3 nitrogen and oxygen atoms in total. The van der Waals surface area contributed by atoms with Crippen LogP contribution in [-0.2, 0) is 16.4 Å². The highest BCUT2D eigenvalue weighted by molar-refractivity contribution is 5.88. The summed E-state index contributed by atoms with van der Waals surface area (Å²) in [7, 11) is 0. The zero-order chi connectivity index (χ0) is 13.7. The predicted octanol–water partition coefficient (Wildman–Crippen LogP) is 2.65. The normalized spacial score (nSPS) is 27.0. The highest BCUT2D eigenvalue weighted by atomic mass is 19.4. The lowest BCUT2D eigenvalue weighted by Crippen LogP contribution is -2.24. The molecule has 0 saturated heterocycles. The molecule has 1 aliphatic carbocycles. The molecule has 1 aromatic rings. The van der Waals surface area contributed by atoms with Crippen molar-refractivity contribution in [2.75, 3.05) is 5.73 Å². The maximum absolute atomic E-state index is 12.6. The molecule has 0 amide bonds. The fourth-order valence-electron chi connectivity index (χ4n) is 2.33. The van der Waals surface area contributed by atoms with Gasteiger partial charge in [-0.25, -0.2) is 0 Å². The molecule has 1 aliphatic rings. The Labute approximate surface area is 101 Å². The van der Waals surface area contributed by atoms with E-state index in [-0.39, 0.29) is 17.2 Å². The molecular weight excluding hydrogens is 247 g/mol. The Morgan fingerprint density at radius 1 is 1.50 bits per heavy atom. The second kappa shape index (κ2) is 3.63. The molecule has 1 saturated carbocycles. The molecule has 0 heterocycles. The summed E-state index contributed by atoms with van der Waals surface area (Å²) >= 11 is 0. The minimum Gasteiger partial charge on any atom is -0.481 e. The van der Waals surface area contributed by atoms with Crippen molar-refractivity contribution in [2.24, 2.45) is 5.92 Å². The summed E-state index contributed by atoms with van der Waals surface area (Å²) in [6, 6.07) is 2.84. The van der Waals surface area contributed by atoms with Crippen molar-refractivity contribution >= 4 is 11.7 Å². The first-order chi connectivity index (χ1) is 8.19. The van der Waals surface area contributed by atoms with Crippen LogP contribution in [0.3, 0.4) is 0 Å². The average Bonchev–Trinajstić information content (AvgIpc) is 2.90.